The quantitative estimate of drug-likeness (QED) is 0.863. The third kappa shape index (κ3) is 2.76. The van der Waals surface area contributed by atoms with Crippen LogP contribution in [0.3, 0.4) is 0 Å². The van der Waals surface area contributed by atoms with Crippen molar-refractivity contribution < 1.29 is 1.43 Å². The van der Waals surface area contributed by atoms with Crippen molar-refractivity contribution >= 4 is 0 Å². The number of piperidine rings is 2. The maximum Gasteiger partial charge on any atom is 0.0233 e. The molecule has 0 bridgehead atoms. The molecule has 100 valence electrons. The van der Waals surface area contributed by atoms with Crippen molar-refractivity contribution in [2.24, 2.45) is 5.41 Å². The lowest BCUT2D eigenvalue weighted by Crippen LogP contribution is -2.48. The zero-order valence-electron chi connectivity index (χ0n) is 11.2. The molecule has 1 aromatic rings. The fraction of sp³-hybridized carbons (Fsp3) is 0.625. The van der Waals surface area contributed by atoms with Gasteiger partial charge in [0.1, 0.15) is 0 Å². The molecule has 2 saturated heterocycles. The maximum absolute atomic E-state index is 3.50. The van der Waals surface area contributed by atoms with Gasteiger partial charge in [-0.1, -0.05) is 30.3 Å². The molecule has 0 aliphatic carbocycles. The predicted molar refractivity (Wildman–Crippen MR) is 77.6 cm³/mol. The van der Waals surface area contributed by atoms with Gasteiger partial charge < -0.3 is 5.32 Å². The van der Waals surface area contributed by atoms with E-state index in [-0.39, 0.29) is 1.43 Å². The fourth-order valence-electron chi connectivity index (χ4n) is 3.65. The van der Waals surface area contributed by atoms with Crippen molar-refractivity contribution in [3.05, 3.63) is 35.9 Å². The van der Waals surface area contributed by atoms with Crippen molar-refractivity contribution in [3.63, 3.8) is 0 Å². The Bertz CT molecular complexity index is 368. The van der Waals surface area contributed by atoms with E-state index in [1.54, 1.807) is 0 Å². The van der Waals surface area contributed by atoms with Crippen LogP contribution in [0, 0.1) is 5.41 Å². The number of likely N-dealkylation sites (tertiary alicyclic amines) is 1. The summed E-state index contributed by atoms with van der Waals surface area (Å²) < 4.78 is 0. The summed E-state index contributed by atoms with van der Waals surface area (Å²) in [6.45, 7) is 6.17. The van der Waals surface area contributed by atoms with Crippen LogP contribution in [0.2, 0.25) is 0 Å². The molecule has 0 radical (unpaired) electrons. The molecule has 0 amide bonds. The van der Waals surface area contributed by atoms with E-state index in [1.165, 1.54) is 57.4 Å². The lowest BCUT2D eigenvalue weighted by molar-refractivity contribution is 0.0552. The van der Waals surface area contributed by atoms with Crippen LogP contribution in [0.15, 0.2) is 30.3 Å². The highest BCUT2D eigenvalue weighted by atomic mass is 15.1. The van der Waals surface area contributed by atoms with E-state index < -0.39 is 0 Å². The molecule has 2 heteroatoms. The third-order valence-electron chi connectivity index (χ3n) is 4.65. The van der Waals surface area contributed by atoms with Gasteiger partial charge in [-0.3, -0.25) is 4.90 Å². The average Bonchev–Trinajstić information content (AvgIpc) is 2.41. The Hall–Kier alpha value is -0.860. The number of benzene rings is 1. The summed E-state index contributed by atoms with van der Waals surface area (Å²) in [5.41, 5.74) is 2.08. The third-order valence-corrected chi connectivity index (χ3v) is 4.65. The van der Waals surface area contributed by atoms with Gasteiger partial charge >= 0.3 is 0 Å². The summed E-state index contributed by atoms with van der Waals surface area (Å²) in [5, 5.41) is 3.50. The van der Waals surface area contributed by atoms with Gasteiger partial charge in [0, 0.05) is 14.5 Å². The van der Waals surface area contributed by atoms with Gasteiger partial charge in [0.25, 0.3) is 0 Å². The van der Waals surface area contributed by atoms with E-state index in [9.17, 15) is 0 Å². The first kappa shape index (κ1) is 12.2. The zero-order valence-corrected chi connectivity index (χ0v) is 11.2. The first-order valence-corrected chi connectivity index (χ1v) is 7.33. The summed E-state index contributed by atoms with van der Waals surface area (Å²) in [6, 6.07) is 10.9. The molecule has 0 aromatic heterocycles. The minimum Gasteiger partial charge on any atom is -0.317 e. The number of hydrogen-bond donors (Lipinski definition) is 1. The molecule has 18 heavy (non-hydrogen) atoms. The summed E-state index contributed by atoms with van der Waals surface area (Å²) in [4.78, 5) is 2.67. The highest BCUT2D eigenvalue weighted by molar-refractivity contribution is 5.14. The predicted octanol–water partition coefficient (Wildman–Crippen LogP) is 2.90. The van der Waals surface area contributed by atoms with Gasteiger partial charge in [-0.2, -0.15) is 0 Å². The summed E-state index contributed by atoms with van der Waals surface area (Å²) >= 11 is 0. The molecule has 1 spiro atoms. The molecule has 3 rings (SSSR count). The standard InChI is InChI=1S/C16H24N2.H2/c1-2-5-15(6-3-1)13-18-12-4-7-16(14-18)8-10-17-11-9-16;/h1-3,5-6,17H,4,7-14H2;1H. The van der Waals surface area contributed by atoms with Crippen molar-refractivity contribution in [1.29, 1.82) is 0 Å². The summed E-state index contributed by atoms with van der Waals surface area (Å²) in [7, 11) is 0. The summed E-state index contributed by atoms with van der Waals surface area (Å²) in [6.07, 6.45) is 5.57. The zero-order chi connectivity index (χ0) is 12.3. The maximum atomic E-state index is 3.50. The second-order valence-electron chi connectivity index (χ2n) is 6.05. The van der Waals surface area contributed by atoms with E-state index >= 15 is 0 Å². The molecule has 0 atom stereocenters. The Kier molecular flexibility index (Phi) is 3.67. The van der Waals surface area contributed by atoms with E-state index in [0.717, 1.165) is 6.54 Å². The Morgan fingerprint density at radius 1 is 1.11 bits per heavy atom. The molecule has 2 aliphatic rings. The lowest BCUT2D eigenvalue weighted by atomic mass is 9.73. The first-order valence-electron chi connectivity index (χ1n) is 7.33. The first-order chi connectivity index (χ1) is 8.86. The molecule has 0 unspecified atom stereocenters. The number of hydrogen-bond acceptors (Lipinski definition) is 2. The molecule has 2 heterocycles. The van der Waals surface area contributed by atoms with Crippen LogP contribution >= 0.6 is 0 Å². The average molecular weight is 246 g/mol. The molecule has 1 N–H and O–H groups in total. The highest BCUT2D eigenvalue weighted by Gasteiger charge is 2.36. The van der Waals surface area contributed by atoms with E-state index in [1.807, 2.05) is 0 Å². The minimum absolute atomic E-state index is 0. The van der Waals surface area contributed by atoms with Crippen LogP contribution < -0.4 is 5.32 Å². The highest BCUT2D eigenvalue weighted by Crippen LogP contribution is 2.38. The molecule has 2 aliphatic heterocycles. The second-order valence-corrected chi connectivity index (χ2v) is 6.05. The van der Waals surface area contributed by atoms with Gasteiger partial charge in [-0.25, -0.2) is 0 Å². The number of rotatable bonds is 2. The molecular formula is C16H26N2. The van der Waals surface area contributed by atoms with Crippen LogP contribution in [0.25, 0.3) is 0 Å². The molecule has 2 fully saturated rings. The van der Waals surface area contributed by atoms with Gasteiger partial charge in [0.15, 0.2) is 0 Å². The molecule has 2 nitrogen and oxygen atoms in total. The van der Waals surface area contributed by atoms with E-state index in [4.69, 9.17) is 0 Å². The van der Waals surface area contributed by atoms with Gasteiger partial charge in [0.05, 0.1) is 0 Å². The van der Waals surface area contributed by atoms with Gasteiger partial charge in [-0.05, 0) is 56.3 Å². The van der Waals surface area contributed by atoms with E-state index in [0.29, 0.717) is 5.41 Å². The minimum atomic E-state index is 0. The second kappa shape index (κ2) is 5.41. The van der Waals surface area contributed by atoms with Crippen LogP contribution in [-0.4, -0.2) is 31.1 Å². The largest absolute Gasteiger partial charge is 0.317 e. The van der Waals surface area contributed by atoms with Crippen LogP contribution in [0.1, 0.15) is 32.7 Å². The molecule has 0 saturated carbocycles. The Balaban J connectivity index is 0.00000133. The van der Waals surface area contributed by atoms with Crippen molar-refractivity contribution in [2.45, 2.75) is 32.2 Å². The van der Waals surface area contributed by atoms with Crippen LogP contribution in [0.4, 0.5) is 0 Å². The Morgan fingerprint density at radius 3 is 2.67 bits per heavy atom. The number of nitrogens with one attached hydrogen (secondary N) is 1. The van der Waals surface area contributed by atoms with Gasteiger partial charge in [0.2, 0.25) is 0 Å². The molecular weight excluding hydrogens is 220 g/mol. The normalized spacial score (nSPS) is 24.2. The Labute approximate surface area is 112 Å². The van der Waals surface area contributed by atoms with Crippen molar-refractivity contribution in [1.82, 2.24) is 10.2 Å². The van der Waals surface area contributed by atoms with Crippen LogP contribution in [0.5, 0.6) is 0 Å². The van der Waals surface area contributed by atoms with Crippen LogP contribution in [-0.2, 0) is 6.54 Å². The van der Waals surface area contributed by atoms with Crippen molar-refractivity contribution in [3.8, 4) is 0 Å². The monoisotopic (exact) mass is 246 g/mol. The summed E-state index contributed by atoms with van der Waals surface area (Å²) in [5.74, 6) is 0. The fourth-order valence-corrected chi connectivity index (χ4v) is 3.65. The smallest absolute Gasteiger partial charge is 0.0233 e. The topological polar surface area (TPSA) is 15.3 Å². The Morgan fingerprint density at radius 2 is 1.89 bits per heavy atom. The molecule has 1 aromatic carbocycles. The van der Waals surface area contributed by atoms with E-state index in [2.05, 4.69) is 40.5 Å². The SMILES string of the molecule is [HH].c1ccc(CN2CCCC3(CCNCC3)C2)cc1. The van der Waals surface area contributed by atoms with Crippen molar-refractivity contribution in [2.75, 3.05) is 26.2 Å². The number of nitrogens with zero attached hydrogens (tertiary/aromatic N) is 1. The lowest BCUT2D eigenvalue weighted by Gasteiger charge is -2.45. The van der Waals surface area contributed by atoms with Gasteiger partial charge in [-0.15, -0.1) is 0 Å².